The number of rotatable bonds is 27. The van der Waals surface area contributed by atoms with Crippen LogP contribution in [0.1, 0.15) is 58.3 Å². The predicted octanol–water partition coefficient (Wildman–Crippen LogP) is 2.75. The number of carbonyl (C=O) groups excluding carboxylic acids is 3. The molecule has 0 bridgehead atoms. The first-order valence-corrected chi connectivity index (χ1v) is 16.9. The molecule has 0 aromatic rings. The highest BCUT2D eigenvalue weighted by atomic mass is 31.2. The highest BCUT2D eigenvalue weighted by molar-refractivity contribution is 7.54. The summed E-state index contributed by atoms with van der Waals surface area (Å²) in [6.07, 6.45) is 3.50. The maximum Gasteiger partial charge on any atom is 0.344 e. The van der Waals surface area contributed by atoms with Gasteiger partial charge in [0.1, 0.15) is 24.1 Å². The van der Waals surface area contributed by atoms with Crippen LogP contribution in [0.5, 0.6) is 0 Å². The van der Waals surface area contributed by atoms with Crippen LogP contribution in [0, 0.1) is 0 Å². The van der Waals surface area contributed by atoms with Crippen molar-refractivity contribution in [3.8, 4) is 0 Å². The summed E-state index contributed by atoms with van der Waals surface area (Å²) in [5.41, 5.74) is 0. The standard InChI is InChI=1S/C24H50N4O9P2/c1-6-25-17-13-23(30)10-7-15-26-18-14-24(31)27-16-8-11-22(29)12-9-19-28(20-38(32,34-2)35-3)21-39(33,36-4)37-5/h25-26H,6-21H2,1-5H3,(H,27,31). The molecule has 15 heteroatoms. The van der Waals surface area contributed by atoms with Crippen molar-refractivity contribution in [2.75, 3.05) is 80.3 Å². The molecule has 0 spiro atoms. The van der Waals surface area contributed by atoms with E-state index in [0.29, 0.717) is 64.7 Å². The molecule has 230 valence electrons. The fourth-order valence-electron chi connectivity index (χ4n) is 3.55. The van der Waals surface area contributed by atoms with Gasteiger partial charge in [0.2, 0.25) is 5.91 Å². The second-order valence-electron chi connectivity index (χ2n) is 8.97. The van der Waals surface area contributed by atoms with Gasteiger partial charge in [0.15, 0.2) is 0 Å². The SMILES string of the molecule is CCNCCC(=O)CCCNCCC(=O)NCCCC(=O)CCCN(CP(=O)(OC)OC)CP(=O)(OC)OC. The minimum absolute atomic E-state index is 0.0363. The molecule has 0 radical (unpaired) electrons. The molecule has 0 aromatic carbocycles. The van der Waals surface area contributed by atoms with Crippen LogP contribution >= 0.6 is 15.2 Å². The lowest BCUT2D eigenvalue weighted by molar-refractivity contribution is -0.122. The maximum absolute atomic E-state index is 12.6. The van der Waals surface area contributed by atoms with Crippen LogP contribution in [-0.2, 0) is 41.6 Å². The number of hydrogen-bond donors (Lipinski definition) is 3. The number of carbonyl (C=O) groups is 3. The Morgan fingerprint density at radius 1 is 0.641 bits per heavy atom. The lowest BCUT2D eigenvalue weighted by Crippen LogP contribution is -2.29. The second kappa shape index (κ2) is 22.7. The van der Waals surface area contributed by atoms with Gasteiger partial charge in [0.25, 0.3) is 0 Å². The summed E-state index contributed by atoms with van der Waals surface area (Å²) in [7, 11) is -1.75. The molecule has 0 saturated heterocycles. The van der Waals surface area contributed by atoms with E-state index in [1.807, 2.05) is 6.92 Å². The summed E-state index contributed by atoms with van der Waals surface area (Å²) < 4.78 is 45.0. The molecule has 0 aliphatic carbocycles. The van der Waals surface area contributed by atoms with Crippen molar-refractivity contribution in [1.29, 1.82) is 0 Å². The molecule has 0 rings (SSSR count). The molecule has 0 fully saturated rings. The van der Waals surface area contributed by atoms with Crippen molar-refractivity contribution in [3.05, 3.63) is 0 Å². The van der Waals surface area contributed by atoms with Crippen molar-refractivity contribution in [1.82, 2.24) is 20.9 Å². The smallest absolute Gasteiger partial charge is 0.344 e. The maximum atomic E-state index is 12.6. The summed E-state index contributed by atoms with van der Waals surface area (Å²) in [6.45, 7) is 5.53. The monoisotopic (exact) mass is 600 g/mol. The quantitative estimate of drug-likeness (QED) is 0.0935. The Balaban J connectivity index is 4.12. The van der Waals surface area contributed by atoms with Gasteiger partial charge in [-0.25, -0.2) is 0 Å². The van der Waals surface area contributed by atoms with Gasteiger partial charge in [-0.15, -0.1) is 0 Å². The second-order valence-corrected chi connectivity index (χ2v) is 13.4. The van der Waals surface area contributed by atoms with Crippen molar-refractivity contribution >= 4 is 32.7 Å². The van der Waals surface area contributed by atoms with Crippen LogP contribution in [0.15, 0.2) is 0 Å². The van der Waals surface area contributed by atoms with E-state index in [9.17, 15) is 23.5 Å². The van der Waals surface area contributed by atoms with Gasteiger partial charge >= 0.3 is 15.2 Å². The Hall–Kier alpha value is -1.01. The Labute approximate surface area is 233 Å². The summed E-state index contributed by atoms with van der Waals surface area (Å²) in [4.78, 5) is 37.5. The fourth-order valence-corrected chi connectivity index (χ4v) is 5.93. The molecular weight excluding hydrogens is 550 g/mol. The van der Waals surface area contributed by atoms with E-state index in [0.717, 1.165) is 19.5 Å². The van der Waals surface area contributed by atoms with Gasteiger partial charge in [-0.3, -0.25) is 28.4 Å². The van der Waals surface area contributed by atoms with Crippen LogP contribution < -0.4 is 16.0 Å². The molecule has 0 unspecified atom stereocenters. The molecule has 3 N–H and O–H groups in total. The van der Waals surface area contributed by atoms with E-state index in [1.165, 1.54) is 28.4 Å². The summed E-state index contributed by atoms with van der Waals surface area (Å²) in [5, 5.41) is 9.11. The zero-order valence-corrected chi connectivity index (χ0v) is 26.1. The zero-order valence-electron chi connectivity index (χ0n) is 24.3. The number of ketones is 2. The fraction of sp³-hybridized carbons (Fsp3) is 0.875. The number of amides is 1. The highest BCUT2D eigenvalue weighted by Crippen LogP contribution is 2.51. The number of nitrogens with one attached hydrogen (secondary N) is 3. The lowest BCUT2D eigenvalue weighted by atomic mass is 10.1. The van der Waals surface area contributed by atoms with Crippen LogP contribution in [0.25, 0.3) is 0 Å². The Morgan fingerprint density at radius 2 is 1.13 bits per heavy atom. The molecule has 1 amide bonds. The first-order chi connectivity index (χ1) is 18.6. The largest absolute Gasteiger partial charge is 0.356 e. The molecule has 39 heavy (non-hydrogen) atoms. The van der Waals surface area contributed by atoms with E-state index in [2.05, 4.69) is 16.0 Å². The Morgan fingerprint density at radius 3 is 1.67 bits per heavy atom. The molecule has 0 heterocycles. The minimum atomic E-state index is -3.41. The molecule has 0 saturated carbocycles. The Bertz CT molecular complexity index is 758. The first-order valence-electron chi connectivity index (χ1n) is 13.4. The average molecular weight is 601 g/mol. The van der Waals surface area contributed by atoms with Crippen LogP contribution in [0.2, 0.25) is 0 Å². The average Bonchev–Trinajstić information content (AvgIpc) is 2.92. The van der Waals surface area contributed by atoms with Gasteiger partial charge in [0.05, 0.1) is 0 Å². The van der Waals surface area contributed by atoms with E-state index >= 15 is 0 Å². The van der Waals surface area contributed by atoms with Crippen LogP contribution in [0.3, 0.4) is 0 Å². The van der Waals surface area contributed by atoms with Gasteiger partial charge in [-0.05, 0) is 38.9 Å². The normalized spacial score (nSPS) is 12.2. The first kappa shape index (κ1) is 38.0. The lowest BCUT2D eigenvalue weighted by Gasteiger charge is -2.27. The summed E-state index contributed by atoms with van der Waals surface area (Å²) in [5.74, 6) is 0.191. The molecular formula is C24H50N4O9P2. The summed E-state index contributed by atoms with van der Waals surface area (Å²) in [6, 6.07) is 0. The third-order valence-corrected chi connectivity index (χ3v) is 9.63. The summed E-state index contributed by atoms with van der Waals surface area (Å²) >= 11 is 0. The van der Waals surface area contributed by atoms with Crippen molar-refractivity contribution in [3.63, 3.8) is 0 Å². The van der Waals surface area contributed by atoms with Crippen LogP contribution in [-0.4, -0.2) is 103 Å². The van der Waals surface area contributed by atoms with Gasteiger partial charge in [0, 0.05) is 80.2 Å². The molecule has 0 aromatic heterocycles. The third kappa shape index (κ3) is 19.7. The molecule has 13 nitrogen and oxygen atoms in total. The minimum Gasteiger partial charge on any atom is -0.356 e. The predicted molar refractivity (Wildman–Crippen MR) is 151 cm³/mol. The number of nitrogens with zero attached hydrogens (tertiary/aromatic N) is 1. The van der Waals surface area contributed by atoms with E-state index in [1.54, 1.807) is 4.90 Å². The van der Waals surface area contributed by atoms with Gasteiger partial charge < -0.3 is 34.0 Å². The van der Waals surface area contributed by atoms with E-state index < -0.39 is 15.2 Å². The topological polar surface area (TPSA) is 162 Å². The molecule has 0 aliphatic heterocycles. The van der Waals surface area contributed by atoms with Crippen molar-refractivity contribution < 1.29 is 41.6 Å². The molecule has 0 atom stereocenters. The zero-order chi connectivity index (χ0) is 29.6. The van der Waals surface area contributed by atoms with Gasteiger partial charge in [-0.2, -0.15) is 0 Å². The molecule has 0 aliphatic rings. The number of hydrogen-bond acceptors (Lipinski definition) is 12. The van der Waals surface area contributed by atoms with E-state index in [-0.39, 0.29) is 36.5 Å². The van der Waals surface area contributed by atoms with Crippen LogP contribution in [0.4, 0.5) is 0 Å². The van der Waals surface area contributed by atoms with Gasteiger partial charge in [-0.1, -0.05) is 6.92 Å². The van der Waals surface area contributed by atoms with Crippen molar-refractivity contribution in [2.24, 2.45) is 0 Å². The van der Waals surface area contributed by atoms with Crippen molar-refractivity contribution in [2.45, 2.75) is 58.3 Å². The third-order valence-electron chi connectivity index (χ3n) is 5.91. The highest BCUT2D eigenvalue weighted by Gasteiger charge is 2.31. The number of Topliss-reactive ketones (excluding diaryl/α,β-unsaturated/α-hetero) is 2. The van der Waals surface area contributed by atoms with E-state index in [4.69, 9.17) is 18.1 Å². The Kier molecular flexibility index (Phi) is 22.1.